The zero-order valence-corrected chi connectivity index (χ0v) is 58.4. The van der Waals surface area contributed by atoms with Crippen LogP contribution in [0.5, 0.6) is 0 Å². The number of urea groups is 1. The first-order valence-electron chi connectivity index (χ1n) is 33.0. The summed E-state index contributed by atoms with van der Waals surface area (Å²) in [6.07, 6.45) is -4.07. The first-order valence-corrected chi connectivity index (χ1v) is 33.0. The number of carbonyl (C=O) groups is 11. The Morgan fingerprint density at radius 1 is 0.758 bits per heavy atom. The van der Waals surface area contributed by atoms with Gasteiger partial charge in [-0.1, -0.05) is 125 Å². The molecule has 27 nitrogen and oxygen atoms in total. The number of imide groups is 1. The minimum absolute atomic E-state index is 0.0474. The van der Waals surface area contributed by atoms with E-state index in [-0.39, 0.29) is 75.4 Å². The van der Waals surface area contributed by atoms with Crippen LogP contribution in [0, 0.1) is 35.0 Å². The number of benzene rings is 2. The van der Waals surface area contributed by atoms with Crippen LogP contribution in [-0.4, -0.2) is 204 Å². The molecule has 95 heavy (non-hydrogen) atoms. The molecule has 2 saturated heterocycles. The van der Waals surface area contributed by atoms with Gasteiger partial charge in [0.25, 0.3) is 5.91 Å². The third kappa shape index (κ3) is 22.4. The van der Waals surface area contributed by atoms with Gasteiger partial charge in [-0.05, 0) is 85.0 Å². The molecular formula is C68H107N11O16. The summed E-state index contributed by atoms with van der Waals surface area (Å²) in [5.41, 5.74) is 6.19. The van der Waals surface area contributed by atoms with E-state index in [0.717, 1.165) is 9.80 Å². The van der Waals surface area contributed by atoms with Gasteiger partial charge in [0.15, 0.2) is 6.10 Å². The van der Waals surface area contributed by atoms with Gasteiger partial charge in [0, 0.05) is 66.5 Å². The number of amides is 12. The van der Waals surface area contributed by atoms with Crippen molar-refractivity contribution in [2.75, 3.05) is 53.3 Å². The van der Waals surface area contributed by atoms with Crippen molar-refractivity contribution in [2.24, 2.45) is 40.7 Å². The molecule has 13 atom stereocenters. The molecule has 0 aromatic heterocycles. The maximum atomic E-state index is 14.8. The normalized spacial score (nSPS) is 18.5. The zero-order chi connectivity index (χ0) is 71.3. The van der Waals surface area contributed by atoms with Crippen LogP contribution in [-0.2, 0) is 64.0 Å². The second-order valence-electron chi connectivity index (χ2n) is 27.2. The third-order valence-corrected chi connectivity index (χ3v) is 18.1. The van der Waals surface area contributed by atoms with Crippen molar-refractivity contribution in [3.8, 4) is 0 Å². The van der Waals surface area contributed by atoms with Gasteiger partial charge in [-0.2, -0.15) is 0 Å². The number of nitrogens with two attached hydrogens (primary N) is 1. The number of nitrogens with one attached hydrogen (secondary N) is 6. The number of nitrogens with zero attached hydrogens (tertiary/aromatic N) is 4. The first kappa shape index (κ1) is 79.7. The number of aliphatic hydroxyl groups is 2. The number of methoxy groups -OCH3 is 2. The standard InChI is InChI=1S/C68H107N11O16/c1-17-41(8)56(49(93-15)36-52(82)78-33-22-26-48(78)59(94-16)58(84)63(88)71-42(9)57(83)44-23-19-18-20-24-44)76(13)65(90)54(39(4)5)75-62(87)55(40(6)7)77(14)67(92)95-37-43-27-29-45(30-28-43)72-60(85)47(25-21-32-70-66(69)91)73-61(86)53(38(2)3)74-50(80)31-34-79-51(81)35-46(64(79)89)68(10,11)12/h18-20,23-24,27-30,38-42,46-49,53-59,83-84H,17,21-22,25-26,31-37H2,1-16H3,(H,71,88)(H,72,85)(H,73,86)(H,74,80)(H,75,87)(H3,69,70,91)/t41-,42+,46?,47-,48?,49+,53?,54?,55?,56?,57+,58-,59-/m0/s1. The maximum absolute atomic E-state index is 14.8. The SMILES string of the molecule is CC[C@H](C)C([C@@H](CC(=O)N1CCCC1[C@H](OC)[C@H](O)C(=O)N[C@H](C)[C@@H](O)c1ccccc1)OC)N(C)C(=O)C(NC(=O)C(C(C)C)N(C)C(=O)OCc1ccc(NC(=O)[C@H](CCCNC(N)=O)NC(=O)C(NC(=O)CCN2C(=O)CC(C(C)(C)C)C2=O)C(C)C)cc1)C(C)C. The molecule has 4 rings (SSSR count). The van der Waals surface area contributed by atoms with Crippen molar-refractivity contribution >= 4 is 71.0 Å². The fourth-order valence-electron chi connectivity index (χ4n) is 12.2. The van der Waals surface area contributed by atoms with Gasteiger partial charge in [0.1, 0.15) is 36.9 Å². The molecule has 0 aliphatic carbocycles. The van der Waals surface area contributed by atoms with Gasteiger partial charge in [-0.25, -0.2) is 9.59 Å². The molecule has 27 heteroatoms. The van der Waals surface area contributed by atoms with Gasteiger partial charge >= 0.3 is 12.1 Å². The van der Waals surface area contributed by atoms with Crippen molar-refractivity contribution in [3.05, 3.63) is 65.7 Å². The molecule has 0 saturated carbocycles. The van der Waals surface area contributed by atoms with E-state index in [1.165, 1.54) is 26.2 Å². The molecule has 2 fully saturated rings. The Labute approximate surface area is 559 Å². The summed E-state index contributed by atoms with van der Waals surface area (Å²) >= 11 is 0. The number of primary amides is 1. The average Bonchev–Trinajstić information content (AvgIpc) is 1.78. The van der Waals surface area contributed by atoms with Crippen molar-refractivity contribution in [1.29, 1.82) is 0 Å². The van der Waals surface area contributed by atoms with Gasteiger partial charge < -0.3 is 71.9 Å². The van der Waals surface area contributed by atoms with Gasteiger partial charge in [-0.3, -0.25) is 53.0 Å². The minimum atomic E-state index is -1.69. The van der Waals surface area contributed by atoms with E-state index < -0.39 is 143 Å². The minimum Gasteiger partial charge on any atom is -0.445 e. The largest absolute Gasteiger partial charge is 0.445 e. The van der Waals surface area contributed by atoms with Gasteiger partial charge in [0.2, 0.25) is 47.3 Å². The Balaban J connectivity index is 1.39. The molecule has 2 heterocycles. The molecule has 2 aliphatic rings. The molecule has 12 amide bonds. The lowest BCUT2D eigenvalue weighted by atomic mass is 9.80. The van der Waals surface area contributed by atoms with E-state index in [1.54, 1.807) is 115 Å². The molecule has 6 unspecified atom stereocenters. The van der Waals surface area contributed by atoms with Crippen LogP contribution in [0.25, 0.3) is 0 Å². The zero-order valence-electron chi connectivity index (χ0n) is 58.4. The van der Waals surface area contributed by atoms with E-state index in [0.29, 0.717) is 42.6 Å². The number of likely N-dealkylation sites (N-methyl/N-ethyl adjacent to an activating group) is 2. The van der Waals surface area contributed by atoms with Crippen LogP contribution in [0.1, 0.15) is 152 Å². The Kier molecular flexibility index (Phi) is 31.0. The van der Waals surface area contributed by atoms with Crippen LogP contribution < -0.4 is 37.6 Å². The number of hydrogen-bond donors (Lipinski definition) is 9. The quantitative estimate of drug-likeness (QED) is 0.0346. The van der Waals surface area contributed by atoms with E-state index in [9.17, 15) is 63.0 Å². The summed E-state index contributed by atoms with van der Waals surface area (Å²) in [6.45, 7) is 21.6. The molecule has 0 spiro atoms. The van der Waals surface area contributed by atoms with Crippen LogP contribution in [0.4, 0.5) is 15.3 Å². The summed E-state index contributed by atoms with van der Waals surface area (Å²) in [5, 5.41) is 38.5. The van der Waals surface area contributed by atoms with E-state index >= 15 is 0 Å². The molecule has 10 N–H and O–H groups in total. The average molecular weight is 1330 g/mol. The van der Waals surface area contributed by atoms with Crippen molar-refractivity contribution < 1.29 is 77.2 Å². The van der Waals surface area contributed by atoms with Crippen LogP contribution in [0.3, 0.4) is 0 Å². The first-order chi connectivity index (χ1) is 44.6. The Morgan fingerprint density at radius 3 is 1.94 bits per heavy atom. The lowest BCUT2D eigenvalue weighted by Crippen LogP contribution is -2.60. The molecule has 2 aromatic carbocycles. The Bertz CT molecular complexity index is 2930. The van der Waals surface area contributed by atoms with Crippen molar-refractivity contribution in [3.63, 3.8) is 0 Å². The number of hydrogen-bond acceptors (Lipinski definition) is 16. The maximum Gasteiger partial charge on any atom is 0.410 e. The predicted octanol–water partition coefficient (Wildman–Crippen LogP) is 4.13. The molecule has 0 radical (unpaired) electrons. The van der Waals surface area contributed by atoms with E-state index in [1.807, 2.05) is 34.6 Å². The van der Waals surface area contributed by atoms with Crippen LogP contribution >= 0.6 is 0 Å². The Morgan fingerprint density at radius 2 is 1.39 bits per heavy atom. The van der Waals surface area contributed by atoms with Crippen LogP contribution in [0.15, 0.2) is 54.6 Å². The lowest BCUT2D eigenvalue weighted by molar-refractivity contribution is -0.150. The van der Waals surface area contributed by atoms with Crippen molar-refractivity contribution in [1.82, 2.24) is 46.2 Å². The van der Waals surface area contributed by atoms with Gasteiger partial charge in [-0.15, -0.1) is 0 Å². The molecular weight excluding hydrogens is 1230 g/mol. The smallest absolute Gasteiger partial charge is 0.410 e. The highest BCUT2D eigenvalue weighted by atomic mass is 16.6. The highest BCUT2D eigenvalue weighted by Crippen LogP contribution is 2.36. The van der Waals surface area contributed by atoms with Gasteiger partial charge in [0.05, 0.1) is 42.7 Å². The number of ether oxygens (including phenoxy) is 3. The molecule has 0 bridgehead atoms. The lowest BCUT2D eigenvalue weighted by Gasteiger charge is -2.41. The fourth-order valence-corrected chi connectivity index (χ4v) is 12.2. The number of likely N-dealkylation sites (tertiary alicyclic amines) is 2. The van der Waals surface area contributed by atoms with Crippen molar-refractivity contribution in [2.45, 2.75) is 208 Å². The number of rotatable bonds is 35. The third-order valence-electron chi connectivity index (χ3n) is 18.1. The molecule has 530 valence electrons. The van der Waals surface area contributed by atoms with E-state index in [4.69, 9.17) is 19.9 Å². The predicted molar refractivity (Wildman–Crippen MR) is 355 cm³/mol. The summed E-state index contributed by atoms with van der Waals surface area (Å²) in [6, 6.07) is 7.70. The number of carbonyl (C=O) groups excluding carboxylic acids is 11. The number of aliphatic hydroxyl groups excluding tert-OH is 2. The summed E-state index contributed by atoms with van der Waals surface area (Å²) < 4.78 is 17.4. The summed E-state index contributed by atoms with van der Waals surface area (Å²) in [5.74, 6) is -6.90. The highest BCUT2D eigenvalue weighted by molar-refractivity contribution is 6.04. The Hall–Kier alpha value is -7.75. The monoisotopic (exact) mass is 1330 g/mol. The fraction of sp³-hybridized carbons (Fsp3) is 0.662. The molecule has 2 aliphatic heterocycles. The summed E-state index contributed by atoms with van der Waals surface area (Å²) in [7, 11) is 5.82. The highest BCUT2D eigenvalue weighted by Gasteiger charge is 2.47. The molecule has 2 aromatic rings. The second kappa shape index (κ2) is 36.9. The second-order valence-corrected chi connectivity index (χ2v) is 27.2. The van der Waals surface area contributed by atoms with E-state index in [2.05, 4.69) is 31.9 Å². The topological polar surface area (TPSA) is 367 Å². The summed E-state index contributed by atoms with van der Waals surface area (Å²) in [4.78, 5) is 154. The van der Waals surface area contributed by atoms with Crippen LogP contribution in [0.2, 0.25) is 0 Å². The number of anilines is 1.